The predicted octanol–water partition coefficient (Wildman–Crippen LogP) is 1.38. The third-order valence-corrected chi connectivity index (χ3v) is 1.02. The summed E-state index contributed by atoms with van der Waals surface area (Å²) in [5.74, 6) is -0.879. The Morgan fingerprint density at radius 1 is 1.20 bits per heavy atom. The van der Waals surface area contributed by atoms with Crippen LogP contribution in [0.5, 0.6) is 0 Å². The van der Waals surface area contributed by atoms with Gasteiger partial charge in [-0.2, -0.15) is 0 Å². The molecule has 10 heavy (non-hydrogen) atoms. The van der Waals surface area contributed by atoms with Gasteiger partial charge in [0.25, 0.3) is 0 Å². The maximum atomic E-state index is 10.2. The standard InChI is InChI=1S/C7H6O2.La/c8-7(9)6-4-2-1-3-5-6;/h1-5H,(H,8,9);. The number of benzene rings is 1. The molecular formula is C7H6LaO2. The van der Waals surface area contributed by atoms with Gasteiger partial charge in [-0.05, 0) is 12.1 Å². The van der Waals surface area contributed by atoms with Crippen LogP contribution < -0.4 is 0 Å². The van der Waals surface area contributed by atoms with Crippen LogP contribution >= 0.6 is 0 Å². The van der Waals surface area contributed by atoms with Crippen molar-refractivity contribution in [3.05, 3.63) is 35.9 Å². The summed E-state index contributed by atoms with van der Waals surface area (Å²) >= 11 is 0. The molecule has 0 bridgehead atoms. The fraction of sp³-hybridized carbons (Fsp3) is 0. The number of carbonyl (C=O) groups is 1. The quantitative estimate of drug-likeness (QED) is 0.829. The Kier molecular flexibility index (Phi) is 4.61. The predicted molar refractivity (Wildman–Crippen MR) is 33.4 cm³/mol. The molecule has 1 rings (SSSR count). The molecule has 0 saturated heterocycles. The van der Waals surface area contributed by atoms with E-state index in [9.17, 15) is 4.79 Å². The number of hydrogen-bond donors (Lipinski definition) is 1. The zero-order valence-electron chi connectivity index (χ0n) is 5.32. The van der Waals surface area contributed by atoms with Gasteiger partial charge in [-0.3, -0.25) is 0 Å². The molecule has 0 spiro atoms. The number of aromatic carboxylic acids is 1. The molecule has 49 valence electrons. The van der Waals surface area contributed by atoms with Gasteiger partial charge < -0.3 is 5.11 Å². The molecule has 0 fully saturated rings. The number of rotatable bonds is 1. The van der Waals surface area contributed by atoms with Crippen LogP contribution in [-0.4, -0.2) is 11.1 Å². The molecular weight excluding hydrogens is 255 g/mol. The molecule has 0 heterocycles. The van der Waals surface area contributed by atoms with Crippen LogP contribution in [0.3, 0.4) is 0 Å². The molecule has 0 aliphatic carbocycles. The second-order valence-corrected chi connectivity index (χ2v) is 1.67. The SMILES string of the molecule is O=C(O)c1ccccc1.[La]. The van der Waals surface area contributed by atoms with Crippen LogP contribution in [0, 0.1) is 35.6 Å². The Morgan fingerprint density at radius 2 is 1.70 bits per heavy atom. The molecule has 0 unspecified atom stereocenters. The van der Waals surface area contributed by atoms with Gasteiger partial charge in [0.2, 0.25) is 0 Å². The van der Waals surface area contributed by atoms with Gasteiger partial charge in [0.1, 0.15) is 0 Å². The van der Waals surface area contributed by atoms with Gasteiger partial charge in [-0.25, -0.2) is 4.79 Å². The zero-order valence-corrected chi connectivity index (χ0v) is 8.95. The van der Waals surface area contributed by atoms with Crippen molar-refractivity contribution in [1.82, 2.24) is 0 Å². The van der Waals surface area contributed by atoms with Crippen LogP contribution in [-0.2, 0) is 0 Å². The molecule has 2 nitrogen and oxygen atoms in total. The van der Waals surface area contributed by atoms with Crippen LogP contribution in [0.15, 0.2) is 30.3 Å². The van der Waals surface area contributed by atoms with Gasteiger partial charge in [0, 0.05) is 35.6 Å². The molecule has 1 radical (unpaired) electrons. The van der Waals surface area contributed by atoms with E-state index in [0.717, 1.165) is 0 Å². The smallest absolute Gasteiger partial charge is 0.335 e. The van der Waals surface area contributed by atoms with Gasteiger partial charge in [-0.1, -0.05) is 18.2 Å². The van der Waals surface area contributed by atoms with E-state index in [1.807, 2.05) is 0 Å². The first-order chi connectivity index (χ1) is 4.30. The van der Waals surface area contributed by atoms with Crippen molar-refractivity contribution < 1.29 is 45.5 Å². The van der Waals surface area contributed by atoms with Crippen molar-refractivity contribution in [2.24, 2.45) is 0 Å². The number of carboxylic acids is 1. The minimum absolute atomic E-state index is 0. The third-order valence-electron chi connectivity index (χ3n) is 1.02. The van der Waals surface area contributed by atoms with E-state index in [0.29, 0.717) is 5.56 Å². The van der Waals surface area contributed by atoms with E-state index in [2.05, 4.69) is 0 Å². The van der Waals surface area contributed by atoms with Gasteiger partial charge in [-0.15, -0.1) is 0 Å². The molecule has 0 amide bonds. The summed E-state index contributed by atoms with van der Waals surface area (Å²) in [5.41, 5.74) is 0.331. The molecule has 0 atom stereocenters. The molecule has 3 heteroatoms. The molecule has 0 aliphatic heterocycles. The van der Waals surface area contributed by atoms with Gasteiger partial charge in [0.15, 0.2) is 0 Å². The summed E-state index contributed by atoms with van der Waals surface area (Å²) in [6.45, 7) is 0. The van der Waals surface area contributed by atoms with E-state index >= 15 is 0 Å². The molecule has 0 aromatic heterocycles. The molecule has 1 N–H and O–H groups in total. The second-order valence-electron chi connectivity index (χ2n) is 1.67. The van der Waals surface area contributed by atoms with Crippen molar-refractivity contribution in [3.63, 3.8) is 0 Å². The summed E-state index contributed by atoms with van der Waals surface area (Å²) in [6.07, 6.45) is 0. The molecule has 0 saturated carbocycles. The summed E-state index contributed by atoms with van der Waals surface area (Å²) in [7, 11) is 0. The summed E-state index contributed by atoms with van der Waals surface area (Å²) < 4.78 is 0. The first-order valence-electron chi connectivity index (χ1n) is 2.59. The van der Waals surface area contributed by atoms with E-state index in [-0.39, 0.29) is 35.6 Å². The maximum Gasteiger partial charge on any atom is 0.335 e. The van der Waals surface area contributed by atoms with E-state index in [1.54, 1.807) is 30.3 Å². The Hall–Kier alpha value is -0.115. The third kappa shape index (κ3) is 2.65. The largest absolute Gasteiger partial charge is 0.478 e. The molecule has 1 aromatic carbocycles. The Bertz CT molecular complexity index is 208. The minimum Gasteiger partial charge on any atom is -0.478 e. The molecule has 0 aliphatic rings. The number of carboxylic acid groups (broad SMARTS) is 1. The fourth-order valence-electron chi connectivity index (χ4n) is 0.581. The van der Waals surface area contributed by atoms with E-state index in [4.69, 9.17) is 5.11 Å². The van der Waals surface area contributed by atoms with Crippen LogP contribution in [0.1, 0.15) is 10.4 Å². The van der Waals surface area contributed by atoms with Crippen molar-refractivity contribution in [3.8, 4) is 0 Å². The summed E-state index contributed by atoms with van der Waals surface area (Å²) in [6, 6.07) is 8.30. The first-order valence-corrected chi connectivity index (χ1v) is 2.59. The van der Waals surface area contributed by atoms with Crippen molar-refractivity contribution in [1.29, 1.82) is 0 Å². The monoisotopic (exact) mass is 261 g/mol. The van der Waals surface area contributed by atoms with Crippen molar-refractivity contribution >= 4 is 5.97 Å². The molecule has 1 aromatic rings. The minimum atomic E-state index is -0.879. The van der Waals surface area contributed by atoms with Crippen LogP contribution in [0.4, 0.5) is 0 Å². The zero-order chi connectivity index (χ0) is 6.69. The normalized spacial score (nSPS) is 8.00. The second kappa shape index (κ2) is 4.66. The Balaban J connectivity index is 0.000000810. The van der Waals surface area contributed by atoms with E-state index < -0.39 is 5.97 Å². The van der Waals surface area contributed by atoms with Crippen LogP contribution in [0.25, 0.3) is 0 Å². The number of hydrogen-bond acceptors (Lipinski definition) is 1. The maximum absolute atomic E-state index is 10.2. The average molecular weight is 261 g/mol. The summed E-state index contributed by atoms with van der Waals surface area (Å²) in [4.78, 5) is 10.2. The topological polar surface area (TPSA) is 37.3 Å². The Labute approximate surface area is 86.9 Å². The Morgan fingerprint density at radius 3 is 2.00 bits per heavy atom. The van der Waals surface area contributed by atoms with Crippen LogP contribution in [0.2, 0.25) is 0 Å². The van der Waals surface area contributed by atoms with E-state index in [1.165, 1.54) is 0 Å². The van der Waals surface area contributed by atoms with Crippen molar-refractivity contribution in [2.75, 3.05) is 0 Å². The van der Waals surface area contributed by atoms with Gasteiger partial charge in [0.05, 0.1) is 5.56 Å². The average Bonchev–Trinajstić information content (AvgIpc) is 1.90. The van der Waals surface area contributed by atoms with Crippen molar-refractivity contribution in [2.45, 2.75) is 0 Å². The van der Waals surface area contributed by atoms with Gasteiger partial charge >= 0.3 is 5.97 Å². The first kappa shape index (κ1) is 9.88. The summed E-state index contributed by atoms with van der Waals surface area (Å²) in [5, 5.41) is 8.38. The fourth-order valence-corrected chi connectivity index (χ4v) is 0.581.